The van der Waals surface area contributed by atoms with E-state index in [2.05, 4.69) is 5.32 Å². The van der Waals surface area contributed by atoms with Gasteiger partial charge in [0.15, 0.2) is 0 Å². The van der Waals surface area contributed by atoms with Gasteiger partial charge in [0.2, 0.25) is 0 Å². The minimum absolute atomic E-state index is 0.0847. The Morgan fingerprint density at radius 2 is 2.18 bits per heavy atom. The molecule has 0 saturated heterocycles. The van der Waals surface area contributed by atoms with E-state index >= 15 is 0 Å². The van der Waals surface area contributed by atoms with Crippen LogP contribution in [0, 0.1) is 0 Å². The number of ether oxygens (including phenoxy) is 2. The van der Waals surface area contributed by atoms with E-state index in [-0.39, 0.29) is 24.4 Å². The lowest BCUT2D eigenvalue weighted by Gasteiger charge is -2.29. The number of nitrogens with one attached hydrogen (secondary N) is 1. The molecule has 0 aliphatic heterocycles. The lowest BCUT2D eigenvalue weighted by atomic mass is 9.98. The predicted molar refractivity (Wildman–Crippen MR) is 66.0 cm³/mol. The van der Waals surface area contributed by atoms with Crippen molar-refractivity contribution < 1.29 is 14.6 Å². The second kappa shape index (κ2) is 5.65. The predicted octanol–water partition coefficient (Wildman–Crippen LogP) is 1.07. The van der Waals surface area contributed by atoms with Crippen LogP contribution in [0.15, 0.2) is 0 Å². The van der Waals surface area contributed by atoms with Crippen LogP contribution in [-0.4, -0.2) is 49.2 Å². The Morgan fingerprint density at radius 1 is 1.41 bits per heavy atom. The first-order valence-corrected chi connectivity index (χ1v) is 6.70. The Hall–Kier alpha value is -0.160. The summed E-state index contributed by atoms with van der Waals surface area (Å²) >= 11 is 0. The summed E-state index contributed by atoms with van der Waals surface area (Å²) in [5, 5.41) is 13.2. The molecule has 2 aliphatic rings. The molecule has 2 N–H and O–H groups in total. The molecule has 3 atom stereocenters. The molecular weight excluding hydrogens is 218 g/mol. The number of methoxy groups -OCH3 is 1. The van der Waals surface area contributed by atoms with Crippen LogP contribution in [0.2, 0.25) is 0 Å². The highest BCUT2D eigenvalue weighted by molar-refractivity contribution is 5.01. The van der Waals surface area contributed by atoms with Crippen molar-refractivity contribution >= 4 is 0 Å². The maximum absolute atomic E-state index is 9.61. The summed E-state index contributed by atoms with van der Waals surface area (Å²) < 4.78 is 11.0. The summed E-state index contributed by atoms with van der Waals surface area (Å²) in [6, 6.07) is 0.636. The van der Waals surface area contributed by atoms with E-state index < -0.39 is 0 Å². The molecular formula is C13H25NO3. The van der Waals surface area contributed by atoms with Gasteiger partial charge in [-0.3, -0.25) is 0 Å². The smallest absolute Gasteiger partial charge is 0.0784 e. The SMILES string of the molecule is COCC(C)OC1CCC(CO)(NC2CC2)C1. The zero-order chi connectivity index (χ0) is 12.3. The topological polar surface area (TPSA) is 50.7 Å². The van der Waals surface area contributed by atoms with Crippen LogP contribution in [0.3, 0.4) is 0 Å². The summed E-state index contributed by atoms with van der Waals surface area (Å²) in [6.45, 7) is 2.90. The van der Waals surface area contributed by atoms with Crippen molar-refractivity contribution in [3.63, 3.8) is 0 Å². The average Bonchev–Trinajstić information content (AvgIpc) is 3.01. The van der Waals surface area contributed by atoms with Gasteiger partial charge in [0.25, 0.3) is 0 Å². The van der Waals surface area contributed by atoms with Crippen LogP contribution in [0.4, 0.5) is 0 Å². The van der Waals surface area contributed by atoms with Gasteiger partial charge in [-0.1, -0.05) is 0 Å². The maximum Gasteiger partial charge on any atom is 0.0784 e. The third kappa shape index (κ3) is 3.65. The minimum atomic E-state index is -0.0847. The number of hydrogen-bond donors (Lipinski definition) is 2. The molecule has 2 rings (SSSR count). The third-order valence-electron chi connectivity index (χ3n) is 3.78. The maximum atomic E-state index is 9.61. The largest absolute Gasteiger partial charge is 0.394 e. The van der Waals surface area contributed by atoms with Gasteiger partial charge in [-0.2, -0.15) is 0 Å². The highest BCUT2D eigenvalue weighted by Crippen LogP contribution is 2.35. The summed E-state index contributed by atoms with van der Waals surface area (Å²) in [4.78, 5) is 0. The van der Waals surface area contributed by atoms with Gasteiger partial charge in [0.1, 0.15) is 0 Å². The van der Waals surface area contributed by atoms with Crippen molar-refractivity contribution in [2.75, 3.05) is 20.3 Å². The first-order chi connectivity index (χ1) is 8.17. The lowest BCUT2D eigenvalue weighted by Crippen LogP contribution is -2.48. The van der Waals surface area contributed by atoms with E-state index in [9.17, 15) is 5.11 Å². The Morgan fingerprint density at radius 3 is 2.76 bits per heavy atom. The molecule has 0 bridgehead atoms. The van der Waals surface area contributed by atoms with E-state index in [0.717, 1.165) is 19.3 Å². The summed E-state index contributed by atoms with van der Waals surface area (Å²) in [5.41, 5.74) is -0.0847. The fraction of sp³-hybridized carbons (Fsp3) is 1.00. The Labute approximate surface area is 104 Å². The van der Waals surface area contributed by atoms with E-state index in [1.54, 1.807) is 7.11 Å². The minimum Gasteiger partial charge on any atom is -0.394 e. The van der Waals surface area contributed by atoms with E-state index in [1.165, 1.54) is 12.8 Å². The number of aliphatic hydroxyl groups excluding tert-OH is 1. The Kier molecular flexibility index (Phi) is 4.42. The average molecular weight is 243 g/mol. The molecule has 0 spiro atoms. The first-order valence-electron chi connectivity index (χ1n) is 6.70. The fourth-order valence-electron chi connectivity index (χ4n) is 2.78. The van der Waals surface area contributed by atoms with Crippen LogP contribution >= 0.6 is 0 Å². The molecule has 100 valence electrons. The summed E-state index contributed by atoms with van der Waals surface area (Å²) in [7, 11) is 1.70. The standard InChI is InChI=1S/C13H25NO3/c1-10(8-16-2)17-12-5-6-13(7-12,9-15)14-11-3-4-11/h10-12,14-15H,3-9H2,1-2H3. The quantitative estimate of drug-likeness (QED) is 0.702. The molecule has 2 aliphatic carbocycles. The molecule has 3 unspecified atom stereocenters. The normalized spacial score (nSPS) is 35.1. The third-order valence-corrected chi connectivity index (χ3v) is 3.78. The molecule has 0 aromatic heterocycles. The van der Waals surface area contributed by atoms with Crippen molar-refractivity contribution in [3.05, 3.63) is 0 Å². The zero-order valence-corrected chi connectivity index (χ0v) is 10.9. The zero-order valence-electron chi connectivity index (χ0n) is 10.9. The summed E-state index contributed by atoms with van der Waals surface area (Å²) in [6.07, 6.45) is 5.90. The highest BCUT2D eigenvalue weighted by atomic mass is 16.5. The molecule has 4 nitrogen and oxygen atoms in total. The number of hydrogen-bond acceptors (Lipinski definition) is 4. The number of rotatable bonds is 7. The highest BCUT2D eigenvalue weighted by Gasteiger charge is 2.42. The fourth-order valence-corrected chi connectivity index (χ4v) is 2.78. The van der Waals surface area contributed by atoms with Crippen LogP contribution in [-0.2, 0) is 9.47 Å². The Bertz CT molecular complexity index is 245. The van der Waals surface area contributed by atoms with Crippen molar-refractivity contribution in [2.45, 2.75) is 62.8 Å². The molecule has 0 aromatic rings. The van der Waals surface area contributed by atoms with Crippen LogP contribution in [0.5, 0.6) is 0 Å². The molecule has 0 amide bonds. The molecule has 0 radical (unpaired) electrons. The molecule has 17 heavy (non-hydrogen) atoms. The van der Waals surface area contributed by atoms with E-state index in [0.29, 0.717) is 12.6 Å². The summed E-state index contributed by atoms with van der Waals surface area (Å²) in [5.74, 6) is 0. The second-order valence-electron chi connectivity index (χ2n) is 5.62. The van der Waals surface area contributed by atoms with Gasteiger partial charge in [-0.05, 0) is 39.0 Å². The van der Waals surface area contributed by atoms with Gasteiger partial charge in [-0.15, -0.1) is 0 Å². The Balaban J connectivity index is 1.79. The molecule has 4 heteroatoms. The van der Waals surface area contributed by atoms with E-state index in [1.807, 2.05) is 6.92 Å². The van der Waals surface area contributed by atoms with Gasteiger partial charge in [0.05, 0.1) is 25.4 Å². The van der Waals surface area contributed by atoms with Crippen LogP contribution in [0.25, 0.3) is 0 Å². The van der Waals surface area contributed by atoms with Crippen molar-refractivity contribution in [3.8, 4) is 0 Å². The molecule has 0 aromatic carbocycles. The second-order valence-corrected chi connectivity index (χ2v) is 5.62. The van der Waals surface area contributed by atoms with Gasteiger partial charge < -0.3 is 19.9 Å². The monoisotopic (exact) mass is 243 g/mol. The molecule has 0 heterocycles. The van der Waals surface area contributed by atoms with Crippen molar-refractivity contribution in [2.24, 2.45) is 0 Å². The van der Waals surface area contributed by atoms with Gasteiger partial charge >= 0.3 is 0 Å². The van der Waals surface area contributed by atoms with Crippen molar-refractivity contribution in [1.29, 1.82) is 0 Å². The van der Waals surface area contributed by atoms with Gasteiger partial charge in [0, 0.05) is 18.7 Å². The molecule has 2 saturated carbocycles. The van der Waals surface area contributed by atoms with Crippen LogP contribution in [0.1, 0.15) is 39.0 Å². The molecule has 2 fully saturated rings. The van der Waals surface area contributed by atoms with Crippen molar-refractivity contribution in [1.82, 2.24) is 5.32 Å². The van der Waals surface area contributed by atoms with E-state index in [4.69, 9.17) is 9.47 Å². The first kappa shape index (κ1) is 13.3. The lowest BCUT2D eigenvalue weighted by molar-refractivity contribution is -0.0394. The van der Waals surface area contributed by atoms with Gasteiger partial charge in [-0.25, -0.2) is 0 Å². The number of aliphatic hydroxyl groups is 1. The van der Waals surface area contributed by atoms with Crippen LogP contribution < -0.4 is 5.32 Å².